The molecule has 0 heterocycles. The van der Waals surface area contributed by atoms with Crippen molar-refractivity contribution < 1.29 is 10.2 Å². The van der Waals surface area contributed by atoms with Crippen LogP contribution in [0.15, 0.2) is 0 Å². The molecule has 2 nitrogen and oxygen atoms in total. The first-order valence-corrected chi connectivity index (χ1v) is 6.00. The third kappa shape index (κ3) is 2.29. The lowest BCUT2D eigenvalue weighted by Gasteiger charge is -2.26. The molecule has 0 saturated heterocycles. The van der Waals surface area contributed by atoms with Crippen LogP contribution in [0, 0.1) is 11.8 Å². The third-order valence-electron chi connectivity index (χ3n) is 4.10. The molecule has 2 saturated carbocycles. The summed E-state index contributed by atoms with van der Waals surface area (Å²) < 4.78 is 0. The summed E-state index contributed by atoms with van der Waals surface area (Å²) in [5.41, 5.74) is -0.463. The van der Waals surface area contributed by atoms with Crippen molar-refractivity contribution in [2.75, 3.05) is 0 Å². The highest BCUT2D eigenvalue weighted by molar-refractivity contribution is 5.00. The van der Waals surface area contributed by atoms with Crippen LogP contribution in [0.4, 0.5) is 0 Å². The molecular weight excluding hydrogens is 176 g/mol. The van der Waals surface area contributed by atoms with Gasteiger partial charge in [0.1, 0.15) is 0 Å². The molecule has 2 rings (SSSR count). The molecule has 0 amide bonds. The Labute approximate surface area is 86.3 Å². The van der Waals surface area contributed by atoms with E-state index in [4.69, 9.17) is 0 Å². The quantitative estimate of drug-likeness (QED) is 0.729. The minimum absolute atomic E-state index is 0.158. The van der Waals surface area contributed by atoms with E-state index in [9.17, 15) is 10.2 Å². The lowest BCUT2D eigenvalue weighted by Crippen LogP contribution is -2.24. The summed E-state index contributed by atoms with van der Waals surface area (Å²) in [6.07, 6.45) is 7.82. The van der Waals surface area contributed by atoms with Crippen LogP contribution in [0.25, 0.3) is 0 Å². The van der Waals surface area contributed by atoms with Gasteiger partial charge in [-0.1, -0.05) is 19.3 Å². The van der Waals surface area contributed by atoms with Gasteiger partial charge in [-0.3, -0.25) is 0 Å². The first-order chi connectivity index (χ1) is 6.59. The number of hydrogen-bond donors (Lipinski definition) is 2. The summed E-state index contributed by atoms with van der Waals surface area (Å²) in [6.45, 7) is 1.88. The Morgan fingerprint density at radius 3 is 2.36 bits per heavy atom. The second-order valence-electron chi connectivity index (χ2n) is 5.46. The highest BCUT2D eigenvalue weighted by Crippen LogP contribution is 2.47. The van der Waals surface area contributed by atoms with Gasteiger partial charge >= 0.3 is 0 Å². The van der Waals surface area contributed by atoms with Crippen LogP contribution in [0.5, 0.6) is 0 Å². The molecule has 2 fully saturated rings. The van der Waals surface area contributed by atoms with E-state index in [1.165, 1.54) is 32.1 Å². The molecule has 0 bridgehead atoms. The van der Waals surface area contributed by atoms with Gasteiger partial charge in [0.05, 0.1) is 11.7 Å². The van der Waals surface area contributed by atoms with Gasteiger partial charge in [-0.2, -0.15) is 0 Å². The Kier molecular flexibility index (Phi) is 2.85. The van der Waals surface area contributed by atoms with E-state index >= 15 is 0 Å². The summed E-state index contributed by atoms with van der Waals surface area (Å²) in [5, 5.41) is 19.6. The summed E-state index contributed by atoms with van der Waals surface area (Å²) in [5.74, 6) is 0.875. The number of rotatable bonds is 3. The van der Waals surface area contributed by atoms with E-state index in [1.54, 1.807) is 0 Å². The van der Waals surface area contributed by atoms with Crippen molar-refractivity contribution in [2.45, 2.75) is 63.6 Å². The maximum absolute atomic E-state index is 10.0. The smallest absolute Gasteiger partial charge is 0.0653 e. The summed E-state index contributed by atoms with van der Waals surface area (Å²) in [6, 6.07) is 0. The second kappa shape index (κ2) is 3.82. The topological polar surface area (TPSA) is 40.5 Å². The molecule has 0 aromatic rings. The zero-order chi connectivity index (χ0) is 10.2. The maximum Gasteiger partial charge on any atom is 0.0653 e. The van der Waals surface area contributed by atoms with Crippen molar-refractivity contribution in [1.29, 1.82) is 0 Å². The highest BCUT2D eigenvalue weighted by atomic mass is 16.3. The number of aliphatic hydroxyl groups is 2. The molecular formula is C12H22O2. The van der Waals surface area contributed by atoms with Crippen molar-refractivity contribution in [2.24, 2.45) is 11.8 Å². The Bertz CT molecular complexity index is 194. The van der Waals surface area contributed by atoms with Crippen molar-refractivity contribution in [3.8, 4) is 0 Å². The van der Waals surface area contributed by atoms with Crippen LogP contribution in [0.2, 0.25) is 0 Å². The number of aliphatic hydroxyl groups excluding tert-OH is 1. The monoisotopic (exact) mass is 198 g/mol. The molecule has 2 heteroatoms. The lowest BCUT2D eigenvalue weighted by molar-refractivity contribution is 0.0582. The van der Waals surface area contributed by atoms with E-state index in [2.05, 4.69) is 0 Å². The van der Waals surface area contributed by atoms with Crippen LogP contribution in [0.1, 0.15) is 51.9 Å². The average molecular weight is 198 g/mol. The fourth-order valence-electron chi connectivity index (χ4n) is 2.78. The fourth-order valence-corrected chi connectivity index (χ4v) is 2.78. The fraction of sp³-hybridized carbons (Fsp3) is 1.00. The molecule has 0 aromatic carbocycles. The largest absolute Gasteiger partial charge is 0.393 e. The second-order valence-corrected chi connectivity index (χ2v) is 5.46. The van der Waals surface area contributed by atoms with Crippen molar-refractivity contribution in [1.82, 2.24) is 0 Å². The predicted molar refractivity (Wildman–Crippen MR) is 55.9 cm³/mol. The van der Waals surface area contributed by atoms with Gasteiger partial charge in [0.2, 0.25) is 0 Å². The SMILES string of the molecule is C[C@@]1(O)C[C@@H]1C[C@@H](O)C1CCCCC1. The summed E-state index contributed by atoms with van der Waals surface area (Å²) >= 11 is 0. The highest BCUT2D eigenvalue weighted by Gasteiger charge is 2.49. The minimum Gasteiger partial charge on any atom is -0.393 e. The normalized spacial score (nSPS) is 40.9. The van der Waals surface area contributed by atoms with Gasteiger partial charge in [-0.15, -0.1) is 0 Å². The molecule has 82 valence electrons. The van der Waals surface area contributed by atoms with Crippen LogP contribution >= 0.6 is 0 Å². The number of hydrogen-bond acceptors (Lipinski definition) is 2. The van der Waals surface area contributed by atoms with E-state index in [-0.39, 0.29) is 6.10 Å². The van der Waals surface area contributed by atoms with Crippen molar-refractivity contribution >= 4 is 0 Å². The molecule has 14 heavy (non-hydrogen) atoms. The Hall–Kier alpha value is -0.0800. The van der Waals surface area contributed by atoms with E-state index in [0.717, 1.165) is 12.8 Å². The summed E-state index contributed by atoms with van der Waals surface area (Å²) in [4.78, 5) is 0. The molecule has 0 aromatic heterocycles. The van der Waals surface area contributed by atoms with Gasteiger partial charge in [-0.25, -0.2) is 0 Å². The zero-order valence-electron chi connectivity index (χ0n) is 9.08. The molecule has 2 N–H and O–H groups in total. The van der Waals surface area contributed by atoms with E-state index in [1.807, 2.05) is 6.92 Å². The molecule has 0 aliphatic heterocycles. The first kappa shape index (κ1) is 10.4. The molecule has 2 aliphatic rings. The van der Waals surface area contributed by atoms with Gasteiger partial charge in [0, 0.05) is 0 Å². The third-order valence-corrected chi connectivity index (χ3v) is 4.10. The van der Waals surface area contributed by atoms with E-state index < -0.39 is 5.60 Å². The minimum atomic E-state index is -0.463. The average Bonchev–Trinajstić information content (AvgIpc) is 2.75. The van der Waals surface area contributed by atoms with Crippen molar-refractivity contribution in [3.05, 3.63) is 0 Å². The van der Waals surface area contributed by atoms with Crippen LogP contribution in [0.3, 0.4) is 0 Å². The Balaban J connectivity index is 1.75. The summed E-state index contributed by atoms with van der Waals surface area (Å²) in [7, 11) is 0. The van der Waals surface area contributed by atoms with Gasteiger partial charge in [0.15, 0.2) is 0 Å². The molecule has 0 unspecified atom stereocenters. The lowest BCUT2D eigenvalue weighted by atomic mass is 9.83. The first-order valence-electron chi connectivity index (χ1n) is 6.00. The van der Waals surface area contributed by atoms with Gasteiger partial charge in [-0.05, 0) is 44.4 Å². The van der Waals surface area contributed by atoms with E-state index in [0.29, 0.717) is 11.8 Å². The molecule has 0 radical (unpaired) electrons. The van der Waals surface area contributed by atoms with Crippen LogP contribution in [-0.4, -0.2) is 21.9 Å². The predicted octanol–water partition coefficient (Wildman–Crippen LogP) is 2.09. The molecule has 3 atom stereocenters. The Morgan fingerprint density at radius 2 is 1.86 bits per heavy atom. The van der Waals surface area contributed by atoms with Crippen LogP contribution in [-0.2, 0) is 0 Å². The standard InChI is InChI=1S/C12H22O2/c1-12(14)8-10(12)7-11(13)9-5-3-2-4-6-9/h9-11,13-14H,2-8H2,1H3/t10-,11+,12+/m0/s1. The molecule has 0 spiro atoms. The van der Waals surface area contributed by atoms with Gasteiger partial charge < -0.3 is 10.2 Å². The maximum atomic E-state index is 10.0. The van der Waals surface area contributed by atoms with Gasteiger partial charge in [0.25, 0.3) is 0 Å². The zero-order valence-corrected chi connectivity index (χ0v) is 9.08. The van der Waals surface area contributed by atoms with Crippen LogP contribution < -0.4 is 0 Å². The van der Waals surface area contributed by atoms with Crippen molar-refractivity contribution in [3.63, 3.8) is 0 Å². The Morgan fingerprint density at radius 1 is 1.29 bits per heavy atom. The molecule has 2 aliphatic carbocycles.